The second-order valence-corrected chi connectivity index (χ2v) is 5.80. The zero-order valence-corrected chi connectivity index (χ0v) is 10.7. The lowest BCUT2D eigenvalue weighted by atomic mass is 9.87. The Morgan fingerprint density at radius 2 is 2.00 bits per heavy atom. The van der Waals surface area contributed by atoms with E-state index in [-0.39, 0.29) is 17.4 Å². The number of nitrogens with zero attached hydrogens (tertiary/aromatic N) is 1. The highest BCUT2D eigenvalue weighted by molar-refractivity contribution is 7.80. The molecule has 0 aromatic carbocycles. The number of carbonyl (C=O) groups excluding carboxylic acids is 1. The van der Waals surface area contributed by atoms with Gasteiger partial charge in [0.15, 0.2) is 0 Å². The van der Waals surface area contributed by atoms with Crippen LogP contribution in [0.15, 0.2) is 0 Å². The van der Waals surface area contributed by atoms with E-state index in [1.54, 1.807) is 0 Å². The van der Waals surface area contributed by atoms with Crippen LogP contribution in [0.25, 0.3) is 0 Å². The van der Waals surface area contributed by atoms with E-state index in [4.69, 9.17) is 18.0 Å². The van der Waals surface area contributed by atoms with Gasteiger partial charge in [0.05, 0.1) is 11.0 Å². The molecular formula is C12H20N2OS. The molecule has 0 spiro atoms. The van der Waals surface area contributed by atoms with E-state index < -0.39 is 0 Å². The number of thiocarbonyl (C=S) groups is 1. The largest absolute Gasteiger partial charge is 0.392 e. The molecule has 2 fully saturated rings. The first-order chi connectivity index (χ1) is 7.54. The minimum Gasteiger partial charge on any atom is -0.392 e. The van der Waals surface area contributed by atoms with Gasteiger partial charge in [-0.3, -0.25) is 4.79 Å². The molecule has 1 aliphatic heterocycles. The van der Waals surface area contributed by atoms with Gasteiger partial charge in [-0.05, 0) is 25.7 Å². The van der Waals surface area contributed by atoms with E-state index in [1.807, 2.05) is 4.90 Å². The summed E-state index contributed by atoms with van der Waals surface area (Å²) in [6, 6.07) is 0.0138. The number of hydrogen-bond acceptors (Lipinski definition) is 2. The van der Waals surface area contributed by atoms with Crippen LogP contribution < -0.4 is 5.73 Å². The van der Waals surface area contributed by atoms with Crippen LogP contribution in [-0.2, 0) is 4.79 Å². The Balaban J connectivity index is 2.12. The fraction of sp³-hybridized carbons (Fsp3) is 0.833. The quantitative estimate of drug-likeness (QED) is 0.749. The molecule has 1 atom stereocenters. The van der Waals surface area contributed by atoms with Crippen molar-refractivity contribution in [3.05, 3.63) is 0 Å². The van der Waals surface area contributed by atoms with Crippen LogP contribution in [0.4, 0.5) is 0 Å². The Morgan fingerprint density at radius 1 is 1.38 bits per heavy atom. The molecule has 2 aliphatic rings. The molecule has 1 aliphatic carbocycles. The van der Waals surface area contributed by atoms with Gasteiger partial charge in [0.25, 0.3) is 0 Å². The number of hydrogen-bond donors (Lipinski definition) is 1. The first-order valence-electron chi connectivity index (χ1n) is 6.15. The second-order valence-electron chi connectivity index (χ2n) is 5.33. The average Bonchev–Trinajstić information content (AvgIpc) is 2.85. The summed E-state index contributed by atoms with van der Waals surface area (Å²) in [4.78, 5) is 14.9. The van der Waals surface area contributed by atoms with Crippen LogP contribution in [0.3, 0.4) is 0 Å². The maximum atomic E-state index is 12.5. The summed E-state index contributed by atoms with van der Waals surface area (Å²) < 4.78 is 0. The van der Waals surface area contributed by atoms with Crippen molar-refractivity contribution in [2.45, 2.75) is 51.5 Å². The van der Waals surface area contributed by atoms with Gasteiger partial charge in [-0.25, -0.2) is 0 Å². The SMILES string of the molecule is CC1(C(=O)N2CCCC2C(N)=S)CCCC1. The molecule has 90 valence electrons. The third kappa shape index (κ3) is 1.95. The molecule has 2 rings (SSSR count). The highest BCUT2D eigenvalue weighted by Crippen LogP contribution is 2.40. The fourth-order valence-electron chi connectivity index (χ4n) is 3.02. The maximum absolute atomic E-state index is 12.5. The van der Waals surface area contributed by atoms with E-state index >= 15 is 0 Å². The van der Waals surface area contributed by atoms with E-state index in [0.717, 1.165) is 32.2 Å². The highest BCUT2D eigenvalue weighted by atomic mass is 32.1. The molecule has 1 heterocycles. The molecule has 16 heavy (non-hydrogen) atoms. The van der Waals surface area contributed by atoms with Gasteiger partial charge < -0.3 is 10.6 Å². The van der Waals surface area contributed by atoms with Crippen LogP contribution in [0.1, 0.15) is 45.4 Å². The minimum absolute atomic E-state index is 0.0138. The lowest BCUT2D eigenvalue weighted by Gasteiger charge is -2.32. The smallest absolute Gasteiger partial charge is 0.229 e. The van der Waals surface area contributed by atoms with Gasteiger partial charge in [0, 0.05) is 12.0 Å². The number of carbonyl (C=O) groups is 1. The fourth-order valence-corrected chi connectivity index (χ4v) is 3.27. The molecule has 0 aromatic heterocycles. The van der Waals surface area contributed by atoms with Crippen LogP contribution in [-0.4, -0.2) is 28.4 Å². The summed E-state index contributed by atoms with van der Waals surface area (Å²) in [7, 11) is 0. The van der Waals surface area contributed by atoms with Crippen LogP contribution >= 0.6 is 12.2 Å². The third-order valence-electron chi connectivity index (χ3n) is 4.07. The topological polar surface area (TPSA) is 46.3 Å². The minimum atomic E-state index is -0.145. The highest BCUT2D eigenvalue weighted by Gasteiger charge is 2.42. The molecule has 4 heteroatoms. The Bertz CT molecular complexity index is 310. The van der Waals surface area contributed by atoms with Crippen LogP contribution in [0.5, 0.6) is 0 Å². The summed E-state index contributed by atoms with van der Waals surface area (Å²) >= 11 is 5.05. The molecule has 1 unspecified atom stereocenters. The van der Waals surface area contributed by atoms with Crippen molar-refractivity contribution in [1.82, 2.24) is 4.90 Å². The van der Waals surface area contributed by atoms with Gasteiger partial charge in [0.2, 0.25) is 5.91 Å². The lowest BCUT2D eigenvalue weighted by Crippen LogP contribution is -2.48. The standard InChI is InChI=1S/C12H20N2OS/c1-12(6-2-3-7-12)11(15)14-8-4-5-9(14)10(13)16/h9H,2-8H2,1H3,(H2,13,16). The van der Waals surface area contributed by atoms with Gasteiger partial charge >= 0.3 is 0 Å². The Kier molecular flexibility index (Phi) is 3.19. The summed E-state index contributed by atoms with van der Waals surface area (Å²) in [5.74, 6) is 0.278. The Hall–Kier alpha value is -0.640. The van der Waals surface area contributed by atoms with Crippen molar-refractivity contribution >= 4 is 23.1 Å². The Morgan fingerprint density at radius 3 is 2.56 bits per heavy atom. The normalized spacial score (nSPS) is 28.3. The van der Waals surface area contributed by atoms with E-state index in [2.05, 4.69) is 6.92 Å². The van der Waals surface area contributed by atoms with E-state index in [1.165, 1.54) is 12.8 Å². The number of nitrogens with two attached hydrogens (primary N) is 1. The summed E-state index contributed by atoms with van der Waals surface area (Å²) in [6.45, 7) is 2.92. The maximum Gasteiger partial charge on any atom is 0.229 e. The molecule has 1 saturated heterocycles. The van der Waals surface area contributed by atoms with Crippen molar-refractivity contribution in [3.63, 3.8) is 0 Å². The summed E-state index contributed by atoms with van der Waals surface area (Å²) in [5, 5.41) is 0. The van der Waals surface area contributed by atoms with Gasteiger partial charge in [-0.2, -0.15) is 0 Å². The monoisotopic (exact) mass is 240 g/mol. The molecule has 0 bridgehead atoms. The van der Waals surface area contributed by atoms with Crippen molar-refractivity contribution in [3.8, 4) is 0 Å². The first-order valence-corrected chi connectivity index (χ1v) is 6.56. The zero-order chi connectivity index (χ0) is 11.8. The number of amides is 1. The average molecular weight is 240 g/mol. The predicted molar refractivity (Wildman–Crippen MR) is 68.1 cm³/mol. The van der Waals surface area contributed by atoms with E-state index in [0.29, 0.717) is 4.99 Å². The number of likely N-dealkylation sites (tertiary alicyclic amines) is 1. The third-order valence-corrected chi connectivity index (χ3v) is 4.34. The van der Waals surface area contributed by atoms with Crippen LogP contribution in [0, 0.1) is 5.41 Å². The van der Waals surface area contributed by atoms with Gasteiger partial charge in [0.1, 0.15) is 0 Å². The second kappa shape index (κ2) is 4.32. The van der Waals surface area contributed by atoms with Crippen molar-refractivity contribution in [2.24, 2.45) is 11.1 Å². The molecule has 0 radical (unpaired) electrons. The van der Waals surface area contributed by atoms with Crippen molar-refractivity contribution in [2.75, 3.05) is 6.54 Å². The van der Waals surface area contributed by atoms with Crippen LogP contribution in [0.2, 0.25) is 0 Å². The van der Waals surface area contributed by atoms with E-state index in [9.17, 15) is 4.79 Å². The molecule has 1 saturated carbocycles. The zero-order valence-electron chi connectivity index (χ0n) is 9.87. The number of rotatable bonds is 2. The lowest BCUT2D eigenvalue weighted by molar-refractivity contribution is -0.140. The van der Waals surface area contributed by atoms with Crippen molar-refractivity contribution in [1.29, 1.82) is 0 Å². The predicted octanol–water partition coefficient (Wildman–Crippen LogP) is 1.84. The summed E-state index contributed by atoms with van der Waals surface area (Å²) in [5.41, 5.74) is 5.56. The molecule has 0 aromatic rings. The molecular weight excluding hydrogens is 220 g/mol. The molecule has 1 amide bonds. The van der Waals surface area contributed by atoms with Gasteiger partial charge in [-0.15, -0.1) is 0 Å². The van der Waals surface area contributed by atoms with Gasteiger partial charge in [-0.1, -0.05) is 32.0 Å². The molecule has 2 N–H and O–H groups in total. The first kappa shape index (κ1) is 11.8. The summed E-state index contributed by atoms with van der Waals surface area (Å²) in [6.07, 6.45) is 6.36. The van der Waals surface area contributed by atoms with Crippen molar-refractivity contribution < 1.29 is 4.79 Å². The molecule has 3 nitrogen and oxygen atoms in total. The Labute approximate surface area is 102 Å².